The molecular weight excluding hydrogens is 515 g/mol. The molecule has 37 heavy (non-hydrogen) atoms. The van der Waals surface area contributed by atoms with Gasteiger partial charge in [0.1, 0.15) is 6.54 Å². The van der Waals surface area contributed by atoms with Crippen molar-refractivity contribution in [2.24, 2.45) is 0 Å². The van der Waals surface area contributed by atoms with Crippen LogP contribution in [0.2, 0.25) is 0 Å². The first kappa shape index (κ1) is 30.4. The summed E-state index contributed by atoms with van der Waals surface area (Å²) in [6.45, 7) is 9.25. The number of hydrogen-bond donors (Lipinski definition) is 2. The first-order chi connectivity index (χ1) is 16.9. The van der Waals surface area contributed by atoms with Gasteiger partial charge in [-0.25, -0.2) is 5.01 Å². The molecule has 2 amide bonds. The maximum atomic E-state index is 13.2. The lowest BCUT2D eigenvalue weighted by molar-refractivity contribution is -0.151. The van der Waals surface area contributed by atoms with Gasteiger partial charge < -0.3 is 20.1 Å². The number of hydrogen-bond acceptors (Lipinski definition) is 7. The van der Waals surface area contributed by atoms with Gasteiger partial charge in [0, 0.05) is 50.4 Å². The lowest BCUT2D eigenvalue weighted by Crippen LogP contribution is -2.49. The highest BCUT2D eigenvalue weighted by Gasteiger charge is 2.27. The largest absolute Gasteiger partial charge is 0.376 e. The van der Waals surface area contributed by atoms with E-state index >= 15 is 0 Å². The first-order valence-electron chi connectivity index (χ1n) is 12.0. The smallest absolute Gasteiger partial charge is 0.256 e. The molecule has 0 bridgehead atoms. The van der Waals surface area contributed by atoms with Gasteiger partial charge in [-0.15, -0.1) is 24.8 Å². The van der Waals surface area contributed by atoms with Crippen molar-refractivity contribution in [3.63, 3.8) is 0 Å². The summed E-state index contributed by atoms with van der Waals surface area (Å²) in [7, 11) is 1.78. The summed E-state index contributed by atoms with van der Waals surface area (Å²) in [5.41, 5.74) is 5.78. The quantitative estimate of drug-likeness (QED) is 0.373. The van der Waals surface area contributed by atoms with Crippen molar-refractivity contribution in [1.82, 2.24) is 25.4 Å². The Morgan fingerprint density at radius 1 is 1.08 bits per heavy atom. The number of benzene rings is 2. The van der Waals surface area contributed by atoms with Crippen LogP contribution in [0.15, 0.2) is 40.9 Å². The molecule has 3 aromatic rings. The molecule has 0 saturated heterocycles. The van der Waals surface area contributed by atoms with E-state index in [0.29, 0.717) is 31.8 Å². The molecule has 2 heterocycles. The van der Waals surface area contributed by atoms with E-state index in [-0.39, 0.29) is 49.7 Å². The number of amides is 2. The van der Waals surface area contributed by atoms with Gasteiger partial charge in [-0.05, 0) is 43.1 Å². The van der Waals surface area contributed by atoms with Crippen LogP contribution >= 0.6 is 24.8 Å². The molecular formula is C26H36Cl2N6O3. The summed E-state index contributed by atoms with van der Waals surface area (Å²) in [5.74, 6) is -0.250. The summed E-state index contributed by atoms with van der Waals surface area (Å²) in [4.78, 5) is 27.9. The Hall–Kier alpha value is -2.85. The molecule has 2 aromatic carbocycles. The fourth-order valence-electron chi connectivity index (χ4n) is 4.32. The molecule has 0 saturated carbocycles. The van der Waals surface area contributed by atoms with Gasteiger partial charge in [-0.3, -0.25) is 14.6 Å². The Morgan fingerprint density at radius 3 is 2.41 bits per heavy atom. The number of aryl methyl sites for hydroxylation is 2. The number of nitrogens with one attached hydrogen (secondary N) is 2. The van der Waals surface area contributed by atoms with Crippen LogP contribution in [0.25, 0.3) is 11.0 Å². The molecule has 0 spiro atoms. The number of aromatic nitrogens is 1. The van der Waals surface area contributed by atoms with E-state index in [4.69, 9.17) is 4.52 Å². The number of anilines is 1. The van der Waals surface area contributed by atoms with E-state index in [9.17, 15) is 9.59 Å². The predicted octanol–water partition coefficient (Wildman–Crippen LogP) is 3.53. The molecule has 0 radical (unpaired) electrons. The molecule has 0 aliphatic carbocycles. The molecule has 0 atom stereocenters. The Bertz CT molecular complexity index is 1190. The zero-order valence-corrected chi connectivity index (χ0v) is 23.4. The fraction of sp³-hybridized carbons (Fsp3) is 0.423. The average Bonchev–Trinajstić information content (AvgIpc) is 3.44. The van der Waals surface area contributed by atoms with Crippen LogP contribution in [0.4, 0.5) is 5.69 Å². The lowest BCUT2D eigenvalue weighted by Gasteiger charge is -2.31. The van der Waals surface area contributed by atoms with Gasteiger partial charge in [-0.1, -0.05) is 36.3 Å². The van der Waals surface area contributed by atoms with E-state index in [1.807, 2.05) is 50.0 Å². The number of hydrazine groups is 1. The highest BCUT2D eigenvalue weighted by atomic mass is 35.5. The summed E-state index contributed by atoms with van der Waals surface area (Å²) in [5, 5.41) is 15.1. The fourth-order valence-corrected chi connectivity index (χ4v) is 4.32. The third-order valence-electron chi connectivity index (χ3n) is 6.52. The minimum atomic E-state index is -0.136. The molecule has 0 unspecified atom stereocenters. The summed E-state index contributed by atoms with van der Waals surface area (Å²) < 4.78 is 5.37. The van der Waals surface area contributed by atoms with Gasteiger partial charge >= 0.3 is 0 Å². The Kier molecular flexibility index (Phi) is 11.2. The average molecular weight is 552 g/mol. The molecule has 1 aliphatic heterocycles. The number of fused-ring (bicyclic) bond motifs is 2. The molecule has 1 aromatic heterocycles. The van der Waals surface area contributed by atoms with E-state index in [1.165, 1.54) is 11.1 Å². The normalized spacial score (nSPS) is 12.4. The van der Waals surface area contributed by atoms with Crippen molar-refractivity contribution >= 4 is 53.3 Å². The van der Waals surface area contributed by atoms with Gasteiger partial charge in [0.05, 0.1) is 12.2 Å². The predicted molar refractivity (Wildman–Crippen MR) is 150 cm³/mol. The van der Waals surface area contributed by atoms with E-state index < -0.39 is 0 Å². The molecule has 11 heteroatoms. The van der Waals surface area contributed by atoms with Gasteiger partial charge in [0.25, 0.3) is 5.91 Å². The van der Waals surface area contributed by atoms with Crippen LogP contribution in [0.1, 0.15) is 29.3 Å². The SMILES string of the molecule is CCNCCN(CC(=O)N(C)N1Cc2ccccc2C1)C(=O)CNc1cc2onc(C)c2cc1C.Cl.Cl. The van der Waals surface area contributed by atoms with Crippen molar-refractivity contribution < 1.29 is 14.1 Å². The summed E-state index contributed by atoms with van der Waals surface area (Å²) >= 11 is 0. The monoisotopic (exact) mass is 550 g/mol. The number of rotatable bonds is 10. The third kappa shape index (κ3) is 7.13. The first-order valence-corrected chi connectivity index (χ1v) is 12.0. The zero-order chi connectivity index (χ0) is 24.9. The molecule has 0 fully saturated rings. The Labute approximate surface area is 230 Å². The number of halogens is 2. The Morgan fingerprint density at radius 2 is 1.76 bits per heavy atom. The van der Waals surface area contributed by atoms with Crippen molar-refractivity contribution in [2.75, 3.05) is 45.1 Å². The second-order valence-electron chi connectivity index (χ2n) is 8.96. The zero-order valence-electron chi connectivity index (χ0n) is 21.7. The number of nitrogens with zero attached hydrogens (tertiary/aromatic N) is 4. The van der Waals surface area contributed by atoms with Gasteiger partial charge in [0.2, 0.25) is 5.91 Å². The van der Waals surface area contributed by atoms with Crippen molar-refractivity contribution in [3.05, 3.63) is 58.8 Å². The van der Waals surface area contributed by atoms with Crippen molar-refractivity contribution in [1.29, 1.82) is 0 Å². The van der Waals surface area contributed by atoms with E-state index in [1.54, 1.807) is 17.0 Å². The second kappa shape index (κ2) is 13.6. The number of likely N-dealkylation sites (N-methyl/N-ethyl adjacent to an activating group) is 2. The van der Waals surface area contributed by atoms with E-state index in [0.717, 1.165) is 28.9 Å². The number of carbonyl (C=O) groups excluding carboxylic acids is 2. The van der Waals surface area contributed by atoms with Crippen molar-refractivity contribution in [3.8, 4) is 0 Å². The van der Waals surface area contributed by atoms with Crippen molar-refractivity contribution in [2.45, 2.75) is 33.9 Å². The van der Waals surface area contributed by atoms with Gasteiger partial charge in [0.15, 0.2) is 5.58 Å². The minimum Gasteiger partial charge on any atom is -0.376 e. The standard InChI is InChI=1S/C26H34N6O3.2ClH/c1-5-27-10-11-31(17-26(34)30(4)32-15-20-8-6-7-9-21(20)16-32)25(33)14-28-23-13-24-22(12-18(23)2)19(3)29-35-24;;/h6-9,12-13,27-28H,5,10-11,14-17H2,1-4H3;2*1H. The molecule has 1 aliphatic rings. The van der Waals surface area contributed by atoms with Crippen LogP contribution in [-0.4, -0.2) is 71.7 Å². The van der Waals surface area contributed by atoms with Crippen LogP contribution < -0.4 is 10.6 Å². The second-order valence-corrected chi connectivity index (χ2v) is 8.96. The topological polar surface area (TPSA) is 94.0 Å². The van der Waals surface area contributed by atoms with Crippen LogP contribution in [-0.2, 0) is 22.7 Å². The number of carbonyl (C=O) groups is 2. The maximum absolute atomic E-state index is 13.2. The molecule has 9 nitrogen and oxygen atoms in total. The van der Waals surface area contributed by atoms with E-state index in [2.05, 4.69) is 27.9 Å². The molecule has 2 N–H and O–H groups in total. The highest BCUT2D eigenvalue weighted by Crippen LogP contribution is 2.26. The third-order valence-corrected chi connectivity index (χ3v) is 6.52. The Balaban J connectivity index is 0.00000241. The van der Waals surface area contributed by atoms with Crippen LogP contribution in [0.5, 0.6) is 0 Å². The highest BCUT2D eigenvalue weighted by molar-refractivity contribution is 5.88. The summed E-state index contributed by atoms with van der Waals surface area (Å²) in [6.07, 6.45) is 0. The summed E-state index contributed by atoms with van der Waals surface area (Å²) in [6, 6.07) is 12.1. The molecule has 202 valence electrons. The van der Waals surface area contributed by atoms with Gasteiger partial charge in [-0.2, -0.15) is 0 Å². The maximum Gasteiger partial charge on any atom is 0.256 e. The van der Waals surface area contributed by atoms with Crippen LogP contribution in [0.3, 0.4) is 0 Å². The van der Waals surface area contributed by atoms with Crippen LogP contribution in [0, 0.1) is 13.8 Å². The molecule has 4 rings (SSSR count). The minimum absolute atomic E-state index is 0. The lowest BCUT2D eigenvalue weighted by atomic mass is 10.1.